The average molecular weight is 459 g/mol. The predicted octanol–water partition coefficient (Wildman–Crippen LogP) is 4.75. The first-order valence-corrected chi connectivity index (χ1v) is 11.6. The van der Waals surface area contributed by atoms with E-state index < -0.39 is 6.04 Å². The SMILES string of the molecule is CNC(=O)[C@H](Cc1ccccc1)N(Cc1ccccc1)C(=O)COc1ccc(C(C)(C)C)cc1. The molecule has 5 heteroatoms. The third kappa shape index (κ3) is 6.95. The van der Waals surface area contributed by atoms with Crippen LogP contribution in [0.3, 0.4) is 0 Å². The lowest BCUT2D eigenvalue weighted by Gasteiger charge is -2.31. The average Bonchev–Trinajstić information content (AvgIpc) is 2.85. The van der Waals surface area contributed by atoms with Crippen LogP contribution in [0, 0.1) is 0 Å². The lowest BCUT2D eigenvalue weighted by Crippen LogP contribution is -2.51. The van der Waals surface area contributed by atoms with Crippen LogP contribution in [0.1, 0.15) is 37.5 Å². The molecule has 3 rings (SSSR count). The fraction of sp³-hybridized carbons (Fsp3) is 0.310. The van der Waals surface area contributed by atoms with Crippen LogP contribution in [-0.4, -0.2) is 36.4 Å². The second-order valence-corrected chi connectivity index (χ2v) is 9.39. The van der Waals surface area contributed by atoms with E-state index in [0.29, 0.717) is 18.7 Å². The fourth-order valence-electron chi connectivity index (χ4n) is 3.78. The zero-order valence-electron chi connectivity index (χ0n) is 20.5. The molecule has 0 fully saturated rings. The van der Waals surface area contributed by atoms with Gasteiger partial charge >= 0.3 is 0 Å². The summed E-state index contributed by atoms with van der Waals surface area (Å²) in [7, 11) is 1.60. The van der Waals surface area contributed by atoms with Crippen molar-refractivity contribution in [2.45, 2.75) is 45.2 Å². The number of likely N-dealkylation sites (N-methyl/N-ethyl adjacent to an activating group) is 1. The molecule has 34 heavy (non-hydrogen) atoms. The molecule has 0 unspecified atom stereocenters. The van der Waals surface area contributed by atoms with Gasteiger partial charge < -0.3 is 15.0 Å². The van der Waals surface area contributed by atoms with Crippen LogP contribution >= 0.6 is 0 Å². The van der Waals surface area contributed by atoms with Crippen molar-refractivity contribution < 1.29 is 14.3 Å². The quantitative estimate of drug-likeness (QED) is 0.503. The van der Waals surface area contributed by atoms with Gasteiger partial charge in [-0.1, -0.05) is 93.6 Å². The van der Waals surface area contributed by atoms with Crippen molar-refractivity contribution in [2.75, 3.05) is 13.7 Å². The van der Waals surface area contributed by atoms with Gasteiger partial charge in [-0.3, -0.25) is 9.59 Å². The smallest absolute Gasteiger partial charge is 0.261 e. The van der Waals surface area contributed by atoms with Crippen molar-refractivity contribution in [1.82, 2.24) is 10.2 Å². The monoisotopic (exact) mass is 458 g/mol. The van der Waals surface area contributed by atoms with Crippen LogP contribution in [0.15, 0.2) is 84.9 Å². The zero-order valence-corrected chi connectivity index (χ0v) is 20.5. The van der Waals surface area contributed by atoms with Gasteiger partial charge in [-0.05, 0) is 34.2 Å². The highest BCUT2D eigenvalue weighted by molar-refractivity contribution is 5.88. The molecule has 0 aromatic heterocycles. The number of benzene rings is 3. The highest BCUT2D eigenvalue weighted by atomic mass is 16.5. The molecule has 5 nitrogen and oxygen atoms in total. The highest BCUT2D eigenvalue weighted by Crippen LogP contribution is 2.24. The van der Waals surface area contributed by atoms with E-state index in [1.54, 1.807) is 11.9 Å². The summed E-state index contributed by atoms with van der Waals surface area (Å²) in [5.41, 5.74) is 3.17. The summed E-state index contributed by atoms with van der Waals surface area (Å²) < 4.78 is 5.84. The van der Waals surface area contributed by atoms with E-state index in [4.69, 9.17) is 4.74 Å². The predicted molar refractivity (Wildman–Crippen MR) is 136 cm³/mol. The Bertz CT molecular complexity index is 1060. The third-order valence-electron chi connectivity index (χ3n) is 5.80. The molecule has 1 N–H and O–H groups in total. The van der Waals surface area contributed by atoms with Crippen LogP contribution in [0.5, 0.6) is 5.75 Å². The maximum absolute atomic E-state index is 13.4. The maximum Gasteiger partial charge on any atom is 0.261 e. The van der Waals surface area contributed by atoms with Crippen LogP contribution in [0.4, 0.5) is 0 Å². The first-order valence-electron chi connectivity index (χ1n) is 11.6. The number of hydrogen-bond acceptors (Lipinski definition) is 3. The lowest BCUT2D eigenvalue weighted by atomic mass is 9.87. The number of nitrogens with zero attached hydrogens (tertiary/aromatic N) is 1. The molecule has 0 aliphatic heterocycles. The summed E-state index contributed by atoms with van der Waals surface area (Å²) in [6, 6.07) is 26.6. The first-order chi connectivity index (χ1) is 16.3. The van der Waals surface area contributed by atoms with Gasteiger partial charge in [0.05, 0.1) is 0 Å². The maximum atomic E-state index is 13.4. The number of nitrogens with one attached hydrogen (secondary N) is 1. The Balaban J connectivity index is 1.81. The lowest BCUT2D eigenvalue weighted by molar-refractivity contribution is -0.142. The van der Waals surface area contributed by atoms with Gasteiger partial charge in [0.1, 0.15) is 11.8 Å². The molecular weight excluding hydrogens is 424 g/mol. The molecule has 0 saturated heterocycles. The first kappa shape index (κ1) is 25.0. The van der Waals surface area contributed by atoms with E-state index in [9.17, 15) is 9.59 Å². The largest absolute Gasteiger partial charge is 0.484 e. The molecule has 0 heterocycles. The summed E-state index contributed by atoms with van der Waals surface area (Å²) in [5, 5.41) is 2.73. The number of ether oxygens (including phenoxy) is 1. The molecule has 0 aliphatic carbocycles. The van der Waals surface area contributed by atoms with Crippen molar-refractivity contribution in [3.8, 4) is 5.75 Å². The Labute approximate surface area is 202 Å². The Morgan fingerprint density at radius 1 is 0.853 bits per heavy atom. The fourth-order valence-corrected chi connectivity index (χ4v) is 3.78. The normalized spacial score (nSPS) is 12.0. The topological polar surface area (TPSA) is 58.6 Å². The van der Waals surface area contributed by atoms with Crippen LogP contribution in [0.2, 0.25) is 0 Å². The van der Waals surface area contributed by atoms with Crippen LogP contribution in [0.25, 0.3) is 0 Å². The second-order valence-electron chi connectivity index (χ2n) is 9.39. The van der Waals surface area contributed by atoms with Gasteiger partial charge in [-0.25, -0.2) is 0 Å². The summed E-state index contributed by atoms with van der Waals surface area (Å²) >= 11 is 0. The van der Waals surface area contributed by atoms with E-state index in [2.05, 4.69) is 26.1 Å². The minimum absolute atomic E-state index is 0.0407. The van der Waals surface area contributed by atoms with E-state index in [-0.39, 0.29) is 23.8 Å². The summed E-state index contributed by atoms with van der Waals surface area (Å²) in [6.07, 6.45) is 0.416. The second kappa shape index (κ2) is 11.5. The molecule has 0 radical (unpaired) electrons. The molecule has 1 atom stereocenters. The Kier molecular flexibility index (Phi) is 8.47. The van der Waals surface area contributed by atoms with E-state index in [1.807, 2.05) is 84.9 Å². The molecule has 0 bridgehead atoms. The van der Waals surface area contributed by atoms with Crippen LogP contribution in [-0.2, 0) is 28.0 Å². The van der Waals surface area contributed by atoms with E-state index in [1.165, 1.54) is 5.56 Å². The van der Waals surface area contributed by atoms with Gasteiger partial charge in [0.2, 0.25) is 5.91 Å². The van der Waals surface area contributed by atoms with Gasteiger partial charge in [0.25, 0.3) is 5.91 Å². The number of hydrogen-bond donors (Lipinski definition) is 1. The number of carbonyl (C=O) groups excluding carboxylic acids is 2. The molecule has 0 saturated carbocycles. The van der Waals surface area contributed by atoms with Crippen molar-refractivity contribution >= 4 is 11.8 Å². The summed E-state index contributed by atoms with van der Waals surface area (Å²) in [5.74, 6) is 0.177. The third-order valence-corrected chi connectivity index (χ3v) is 5.80. The molecule has 3 aromatic carbocycles. The molecule has 178 valence electrons. The van der Waals surface area contributed by atoms with E-state index in [0.717, 1.165) is 11.1 Å². The zero-order chi connectivity index (χ0) is 24.6. The summed E-state index contributed by atoms with van der Waals surface area (Å²) in [4.78, 5) is 27.9. The standard InChI is InChI=1S/C29H34N2O3/c1-29(2,3)24-15-17-25(18-16-24)34-21-27(32)31(20-23-13-9-6-10-14-23)26(28(33)30-4)19-22-11-7-5-8-12-22/h5-18,26H,19-21H2,1-4H3,(H,30,33)/t26-/m0/s1. The minimum Gasteiger partial charge on any atom is -0.484 e. The Hall–Kier alpha value is -3.60. The van der Waals surface area contributed by atoms with Crippen molar-refractivity contribution in [3.05, 3.63) is 102 Å². The van der Waals surface area contributed by atoms with Gasteiger partial charge in [-0.15, -0.1) is 0 Å². The van der Waals surface area contributed by atoms with Gasteiger partial charge in [0, 0.05) is 20.0 Å². The minimum atomic E-state index is -0.660. The van der Waals surface area contributed by atoms with Gasteiger partial charge in [-0.2, -0.15) is 0 Å². The van der Waals surface area contributed by atoms with Crippen molar-refractivity contribution in [3.63, 3.8) is 0 Å². The van der Waals surface area contributed by atoms with Crippen LogP contribution < -0.4 is 10.1 Å². The van der Waals surface area contributed by atoms with Crippen molar-refractivity contribution in [2.24, 2.45) is 0 Å². The molecular formula is C29H34N2O3. The van der Waals surface area contributed by atoms with Crippen molar-refractivity contribution in [1.29, 1.82) is 0 Å². The summed E-state index contributed by atoms with van der Waals surface area (Å²) in [6.45, 7) is 6.62. The van der Waals surface area contributed by atoms with Gasteiger partial charge in [0.15, 0.2) is 6.61 Å². The molecule has 0 aliphatic rings. The molecule has 2 amide bonds. The Morgan fingerprint density at radius 2 is 1.41 bits per heavy atom. The number of amides is 2. The molecule has 0 spiro atoms. The molecule has 3 aromatic rings. The Morgan fingerprint density at radius 3 is 1.94 bits per heavy atom. The number of carbonyl (C=O) groups is 2. The van der Waals surface area contributed by atoms with E-state index >= 15 is 0 Å². The number of rotatable bonds is 9. The highest BCUT2D eigenvalue weighted by Gasteiger charge is 2.30.